The van der Waals surface area contributed by atoms with E-state index in [0.29, 0.717) is 37.6 Å². The van der Waals surface area contributed by atoms with Crippen LogP contribution in [0.1, 0.15) is 92.7 Å². The van der Waals surface area contributed by atoms with Crippen molar-refractivity contribution in [1.82, 2.24) is 0 Å². The van der Waals surface area contributed by atoms with Crippen molar-refractivity contribution in [3.8, 4) is 0 Å². The molecule has 0 spiro atoms. The molecule has 0 saturated carbocycles. The molecule has 3 aromatic carbocycles. The van der Waals surface area contributed by atoms with Gasteiger partial charge in [0, 0.05) is 0 Å². The van der Waals surface area contributed by atoms with Crippen LogP contribution in [0.25, 0.3) is 0 Å². The van der Waals surface area contributed by atoms with E-state index in [-0.39, 0.29) is 0 Å². The minimum Gasteiger partial charge on any atom is -0.307 e. The lowest BCUT2D eigenvalue weighted by molar-refractivity contribution is 0.144. The standard InChI is InChI=1S/C30H39O3P/c1-22(2)28-13-7-25(8-14-28)19-31-34(32-20-26-9-15-29(16-10-26)23(3)4)33-21-27-11-17-30(18-12-27)24(5)6/h7-18,22-24H,19-21H2,1-6H3. The largest absolute Gasteiger partial charge is 0.333 e. The van der Waals surface area contributed by atoms with Crippen LogP contribution in [0.5, 0.6) is 0 Å². The lowest BCUT2D eigenvalue weighted by Gasteiger charge is -2.18. The van der Waals surface area contributed by atoms with E-state index in [0.717, 1.165) is 16.7 Å². The van der Waals surface area contributed by atoms with Crippen molar-refractivity contribution < 1.29 is 13.6 Å². The van der Waals surface area contributed by atoms with Crippen LogP contribution in [-0.4, -0.2) is 0 Å². The SMILES string of the molecule is CC(C)c1ccc(COP(OCc2ccc(C(C)C)cc2)OCc2ccc(C(C)C)cc2)cc1. The third-order valence-electron chi connectivity index (χ3n) is 5.95. The average molecular weight is 479 g/mol. The van der Waals surface area contributed by atoms with E-state index in [4.69, 9.17) is 13.6 Å². The second-order valence-electron chi connectivity index (χ2n) is 9.73. The van der Waals surface area contributed by atoms with Gasteiger partial charge < -0.3 is 13.6 Å². The van der Waals surface area contributed by atoms with E-state index in [2.05, 4.69) is 114 Å². The van der Waals surface area contributed by atoms with Gasteiger partial charge in [0.05, 0.1) is 19.8 Å². The molecule has 0 fully saturated rings. The summed E-state index contributed by atoms with van der Waals surface area (Å²) in [6, 6.07) is 25.7. The summed E-state index contributed by atoms with van der Waals surface area (Å²) >= 11 is 0. The first-order chi connectivity index (χ1) is 16.3. The summed E-state index contributed by atoms with van der Waals surface area (Å²) in [7, 11) is -1.49. The molecule has 0 aliphatic rings. The first-order valence-corrected chi connectivity index (χ1v) is 13.4. The van der Waals surface area contributed by atoms with Gasteiger partial charge in [-0.25, -0.2) is 0 Å². The van der Waals surface area contributed by atoms with Gasteiger partial charge >= 0.3 is 8.60 Å². The molecule has 0 saturated heterocycles. The quantitative estimate of drug-likeness (QED) is 0.243. The van der Waals surface area contributed by atoms with E-state index in [1.807, 2.05) is 0 Å². The highest BCUT2D eigenvalue weighted by Gasteiger charge is 2.15. The molecule has 0 radical (unpaired) electrons. The van der Waals surface area contributed by atoms with E-state index in [1.165, 1.54) is 16.7 Å². The normalized spacial score (nSPS) is 11.8. The number of rotatable bonds is 12. The molecule has 0 aliphatic heterocycles. The number of benzene rings is 3. The van der Waals surface area contributed by atoms with E-state index >= 15 is 0 Å². The molecule has 0 atom stereocenters. The van der Waals surface area contributed by atoms with Crippen LogP contribution in [0.2, 0.25) is 0 Å². The van der Waals surface area contributed by atoms with Gasteiger partial charge in [0.2, 0.25) is 0 Å². The van der Waals surface area contributed by atoms with Crippen molar-refractivity contribution in [3.05, 3.63) is 106 Å². The number of hydrogen-bond acceptors (Lipinski definition) is 3. The van der Waals surface area contributed by atoms with Crippen LogP contribution in [0.3, 0.4) is 0 Å². The minimum absolute atomic E-state index is 0.461. The summed E-state index contributed by atoms with van der Waals surface area (Å²) in [6.45, 7) is 14.6. The molecule has 34 heavy (non-hydrogen) atoms. The summed E-state index contributed by atoms with van der Waals surface area (Å²) in [4.78, 5) is 0. The van der Waals surface area contributed by atoms with Crippen LogP contribution in [-0.2, 0) is 33.4 Å². The first kappa shape index (κ1) is 26.6. The van der Waals surface area contributed by atoms with Crippen LogP contribution in [0.4, 0.5) is 0 Å². The Balaban J connectivity index is 1.61. The zero-order valence-electron chi connectivity index (χ0n) is 21.5. The lowest BCUT2D eigenvalue weighted by atomic mass is 10.0. The molecule has 0 amide bonds. The maximum atomic E-state index is 6.12. The topological polar surface area (TPSA) is 27.7 Å². The Morgan fingerprint density at radius 1 is 0.441 bits per heavy atom. The highest BCUT2D eigenvalue weighted by atomic mass is 31.2. The van der Waals surface area contributed by atoms with Gasteiger partial charge in [0.25, 0.3) is 0 Å². The zero-order valence-corrected chi connectivity index (χ0v) is 22.3. The Bertz CT molecular complexity index is 845. The Morgan fingerprint density at radius 2 is 0.676 bits per heavy atom. The maximum Gasteiger partial charge on any atom is 0.333 e. The monoisotopic (exact) mass is 478 g/mol. The number of hydrogen-bond donors (Lipinski definition) is 0. The molecule has 0 aliphatic carbocycles. The Kier molecular flexibility index (Phi) is 10.3. The summed E-state index contributed by atoms with van der Waals surface area (Å²) in [6.07, 6.45) is 0. The molecule has 0 heterocycles. The van der Waals surface area contributed by atoms with Gasteiger partial charge in [-0.2, -0.15) is 0 Å². The molecule has 3 nitrogen and oxygen atoms in total. The molecule has 3 rings (SSSR count). The summed E-state index contributed by atoms with van der Waals surface area (Å²) < 4.78 is 18.3. The maximum absolute atomic E-state index is 6.12. The van der Waals surface area contributed by atoms with Crippen LogP contribution in [0, 0.1) is 0 Å². The third kappa shape index (κ3) is 8.32. The summed E-state index contributed by atoms with van der Waals surface area (Å²) in [5.41, 5.74) is 7.33. The van der Waals surface area contributed by atoms with Crippen molar-refractivity contribution in [2.24, 2.45) is 0 Å². The van der Waals surface area contributed by atoms with E-state index in [1.54, 1.807) is 0 Å². The fraction of sp³-hybridized carbons (Fsp3) is 0.400. The smallest absolute Gasteiger partial charge is 0.307 e. The van der Waals surface area contributed by atoms with Gasteiger partial charge in [0.1, 0.15) is 0 Å². The predicted molar refractivity (Wildman–Crippen MR) is 143 cm³/mol. The van der Waals surface area contributed by atoms with Gasteiger partial charge in [-0.05, 0) is 51.1 Å². The molecule has 182 valence electrons. The molecule has 0 N–H and O–H groups in total. The highest BCUT2D eigenvalue weighted by molar-refractivity contribution is 7.41. The Labute approximate surface area is 207 Å². The van der Waals surface area contributed by atoms with Crippen molar-refractivity contribution in [2.45, 2.75) is 79.1 Å². The zero-order chi connectivity index (χ0) is 24.5. The van der Waals surface area contributed by atoms with Gasteiger partial charge in [0.15, 0.2) is 0 Å². The molecule has 0 unspecified atom stereocenters. The fourth-order valence-electron chi connectivity index (χ4n) is 3.49. The van der Waals surface area contributed by atoms with Crippen molar-refractivity contribution in [3.63, 3.8) is 0 Å². The lowest BCUT2D eigenvalue weighted by Crippen LogP contribution is -1.99. The minimum atomic E-state index is -1.49. The fourth-order valence-corrected chi connectivity index (χ4v) is 4.48. The predicted octanol–water partition coefficient (Wildman–Crippen LogP) is 9.23. The summed E-state index contributed by atoms with van der Waals surface area (Å²) in [5.74, 6) is 1.55. The first-order valence-electron chi connectivity index (χ1n) is 12.3. The van der Waals surface area contributed by atoms with Gasteiger partial charge in [-0.1, -0.05) is 114 Å². The molecule has 0 aromatic heterocycles. The molecule has 0 bridgehead atoms. The molecular weight excluding hydrogens is 439 g/mol. The Morgan fingerprint density at radius 3 is 0.882 bits per heavy atom. The van der Waals surface area contributed by atoms with Crippen LogP contribution >= 0.6 is 8.60 Å². The van der Waals surface area contributed by atoms with Crippen LogP contribution in [0.15, 0.2) is 72.8 Å². The van der Waals surface area contributed by atoms with Gasteiger partial charge in [-0.3, -0.25) is 0 Å². The Hall–Kier alpha value is -2.03. The highest BCUT2D eigenvalue weighted by Crippen LogP contribution is 2.42. The van der Waals surface area contributed by atoms with Crippen LogP contribution < -0.4 is 0 Å². The van der Waals surface area contributed by atoms with Crippen molar-refractivity contribution in [2.75, 3.05) is 0 Å². The molecule has 4 heteroatoms. The summed E-state index contributed by atoms with van der Waals surface area (Å²) in [5, 5.41) is 0. The van der Waals surface area contributed by atoms with E-state index < -0.39 is 8.60 Å². The van der Waals surface area contributed by atoms with Crippen molar-refractivity contribution in [1.29, 1.82) is 0 Å². The third-order valence-corrected chi connectivity index (χ3v) is 6.97. The van der Waals surface area contributed by atoms with Gasteiger partial charge in [-0.15, -0.1) is 0 Å². The molecule has 3 aromatic rings. The molecular formula is C30H39O3P. The van der Waals surface area contributed by atoms with Crippen molar-refractivity contribution >= 4 is 8.60 Å². The second-order valence-corrected chi connectivity index (χ2v) is 11.0. The second kappa shape index (κ2) is 13.2. The average Bonchev–Trinajstić information content (AvgIpc) is 2.84. The van der Waals surface area contributed by atoms with E-state index in [9.17, 15) is 0 Å².